The van der Waals surface area contributed by atoms with Crippen LogP contribution in [0.25, 0.3) is 0 Å². The largest absolute Gasteiger partial charge is 0.545 e. The fourth-order valence-corrected chi connectivity index (χ4v) is 1.36. The Hall–Kier alpha value is -1.32. The van der Waals surface area contributed by atoms with Crippen LogP contribution in [-0.2, 0) is 9.59 Å². The molecule has 1 aliphatic carbocycles. The van der Waals surface area contributed by atoms with Gasteiger partial charge >= 0.3 is 0 Å². The van der Waals surface area contributed by atoms with E-state index in [1.165, 1.54) is 0 Å². The van der Waals surface area contributed by atoms with Crippen molar-refractivity contribution in [1.29, 1.82) is 0 Å². The van der Waals surface area contributed by atoms with Crippen molar-refractivity contribution in [2.75, 3.05) is 0 Å². The maximum absolute atomic E-state index is 10.4. The van der Waals surface area contributed by atoms with Gasteiger partial charge in [-0.05, 0) is 36.8 Å². The van der Waals surface area contributed by atoms with Crippen molar-refractivity contribution in [3.05, 3.63) is 11.1 Å². The van der Waals surface area contributed by atoms with Crippen LogP contribution in [0.5, 0.6) is 0 Å². The van der Waals surface area contributed by atoms with Crippen molar-refractivity contribution in [3.63, 3.8) is 0 Å². The normalized spacial score (nSPS) is 17.7. The summed E-state index contributed by atoms with van der Waals surface area (Å²) >= 11 is 0. The Bertz CT molecular complexity index is 226. The minimum absolute atomic E-state index is 0.0961. The van der Waals surface area contributed by atoms with E-state index in [1.807, 2.05) is 0 Å². The summed E-state index contributed by atoms with van der Waals surface area (Å²) in [6.07, 6.45) is 1.98. The summed E-state index contributed by atoms with van der Waals surface area (Å²) in [7, 11) is 0. The van der Waals surface area contributed by atoms with Crippen LogP contribution >= 0.6 is 0 Å². The molecule has 0 N–H and O–H groups in total. The summed E-state index contributed by atoms with van der Waals surface area (Å²) in [4.78, 5) is 20.8. The molecule has 1 aliphatic rings. The monoisotopic (exact) mass is 168 g/mol. The molecule has 0 radical (unpaired) electrons. The zero-order valence-corrected chi connectivity index (χ0v) is 6.46. The molecule has 0 bridgehead atoms. The van der Waals surface area contributed by atoms with Crippen molar-refractivity contribution >= 4 is 11.9 Å². The smallest absolute Gasteiger partial charge is 0.0678 e. The second-order valence-corrected chi connectivity index (χ2v) is 2.74. The first kappa shape index (κ1) is 8.77. The molecule has 0 atom stereocenters. The van der Waals surface area contributed by atoms with Crippen LogP contribution in [0.2, 0.25) is 0 Å². The van der Waals surface area contributed by atoms with Gasteiger partial charge in [0, 0.05) is 0 Å². The fraction of sp³-hybridized carbons (Fsp3) is 0.500. The van der Waals surface area contributed by atoms with E-state index in [9.17, 15) is 19.8 Å². The lowest BCUT2D eigenvalue weighted by Crippen LogP contribution is -2.33. The van der Waals surface area contributed by atoms with Crippen molar-refractivity contribution in [2.24, 2.45) is 0 Å². The van der Waals surface area contributed by atoms with E-state index in [2.05, 4.69) is 0 Å². The van der Waals surface area contributed by atoms with E-state index in [1.54, 1.807) is 0 Å². The molecule has 0 aliphatic heterocycles. The average molecular weight is 168 g/mol. The lowest BCUT2D eigenvalue weighted by Gasteiger charge is -2.21. The van der Waals surface area contributed by atoms with Crippen molar-refractivity contribution in [3.8, 4) is 0 Å². The zero-order valence-electron chi connectivity index (χ0n) is 6.46. The van der Waals surface area contributed by atoms with Gasteiger partial charge in [0.2, 0.25) is 0 Å². The molecular weight excluding hydrogens is 160 g/mol. The molecule has 0 saturated heterocycles. The summed E-state index contributed by atoms with van der Waals surface area (Å²) in [6, 6.07) is 0. The molecule has 0 saturated carbocycles. The lowest BCUT2D eigenvalue weighted by atomic mass is 9.92. The Balaban J connectivity index is 2.99. The molecule has 0 unspecified atom stereocenters. The summed E-state index contributed by atoms with van der Waals surface area (Å²) < 4.78 is 0. The first-order valence-corrected chi connectivity index (χ1v) is 3.77. The predicted octanol–water partition coefficient (Wildman–Crippen LogP) is -1.64. The number of carboxylic acids is 2. The number of carbonyl (C=O) groups is 2. The molecular formula is C8H8O4-2. The Labute approximate surface area is 69.5 Å². The van der Waals surface area contributed by atoms with E-state index >= 15 is 0 Å². The van der Waals surface area contributed by atoms with E-state index in [-0.39, 0.29) is 24.0 Å². The van der Waals surface area contributed by atoms with Gasteiger partial charge in [0.15, 0.2) is 0 Å². The van der Waals surface area contributed by atoms with E-state index in [0.717, 1.165) is 0 Å². The van der Waals surface area contributed by atoms with Gasteiger partial charge in [-0.25, -0.2) is 0 Å². The highest BCUT2D eigenvalue weighted by Crippen LogP contribution is 2.23. The lowest BCUT2D eigenvalue weighted by molar-refractivity contribution is -0.304. The first-order chi connectivity index (χ1) is 5.63. The summed E-state index contributed by atoms with van der Waals surface area (Å²) in [5.41, 5.74) is -0.192. The number of hydrogen-bond acceptors (Lipinski definition) is 4. The first-order valence-electron chi connectivity index (χ1n) is 3.77. The Morgan fingerprint density at radius 2 is 1.25 bits per heavy atom. The fourth-order valence-electron chi connectivity index (χ4n) is 1.36. The van der Waals surface area contributed by atoms with Crippen LogP contribution in [0, 0.1) is 0 Å². The van der Waals surface area contributed by atoms with E-state index < -0.39 is 11.9 Å². The highest BCUT2D eigenvalue weighted by molar-refractivity contribution is 5.97. The van der Waals surface area contributed by atoms with Gasteiger partial charge in [-0.15, -0.1) is 0 Å². The topological polar surface area (TPSA) is 80.3 Å². The van der Waals surface area contributed by atoms with E-state index in [0.29, 0.717) is 12.8 Å². The molecule has 0 aromatic carbocycles. The third-order valence-corrected chi connectivity index (χ3v) is 1.96. The highest BCUT2D eigenvalue weighted by atomic mass is 16.4. The van der Waals surface area contributed by atoms with Gasteiger partial charge in [0.05, 0.1) is 11.9 Å². The van der Waals surface area contributed by atoms with Gasteiger partial charge in [-0.1, -0.05) is 0 Å². The predicted molar refractivity (Wildman–Crippen MR) is 35.5 cm³/mol. The van der Waals surface area contributed by atoms with Crippen LogP contribution in [0.3, 0.4) is 0 Å². The maximum Gasteiger partial charge on any atom is 0.0678 e. The molecule has 0 fully saturated rings. The average Bonchev–Trinajstić information content (AvgIpc) is 2.04. The van der Waals surface area contributed by atoms with Crippen molar-refractivity contribution < 1.29 is 19.8 Å². The van der Waals surface area contributed by atoms with Gasteiger partial charge in [-0.2, -0.15) is 0 Å². The number of aliphatic carboxylic acids is 2. The molecule has 0 aromatic rings. The SMILES string of the molecule is O=C([O-])C1=C(C(=O)[O-])CCCC1. The van der Waals surface area contributed by atoms with Gasteiger partial charge in [-0.3, -0.25) is 0 Å². The summed E-state index contributed by atoms with van der Waals surface area (Å²) in [5, 5.41) is 20.8. The van der Waals surface area contributed by atoms with Gasteiger partial charge in [0.25, 0.3) is 0 Å². The number of rotatable bonds is 2. The number of carbonyl (C=O) groups excluding carboxylic acids is 2. The Kier molecular flexibility index (Phi) is 2.47. The van der Waals surface area contributed by atoms with E-state index in [4.69, 9.17) is 0 Å². The second kappa shape index (κ2) is 3.38. The van der Waals surface area contributed by atoms with Crippen LogP contribution < -0.4 is 10.2 Å². The van der Waals surface area contributed by atoms with Crippen LogP contribution in [0.15, 0.2) is 11.1 Å². The number of hydrogen-bond donors (Lipinski definition) is 0. The minimum Gasteiger partial charge on any atom is -0.545 e. The van der Waals surface area contributed by atoms with Crippen LogP contribution in [-0.4, -0.2) is 11.9 Å². The maximum atomic E-state index is 10.4. The van der Waals surface area contributed by atoms with Crippen LogP contribution in [0.4, 0.5) is 0 Å². The molecule has 1 rings (SSSR count). The molecule has 12 heavy (non-hydrogen) atoms. The zero-order chi connectivity index (χ0) is 9.14. The standard InChI is InChI=1S/C8H10O4/c9-7(10)5-3-1-2-4-6(5)8(11)12/h1-4H2,(H,9,10)(H,11,12)/p-2. The summed E-state index contributed by atoms with van der Waals surface area (Å²) in [5.74, 6) is -2.76. The Morgan fingerprint density at radius 3 is 1.50 bits per heavy atom. The quantitative estimate of drug-likeness (QED) is 0.495. The molecule has 0 aromatic heterocycles. The van der Waals surface area contributed by atoms with Gasteiger partial charge < -0.3 is 19.8 Å². The number of carboxylic acid groups (broad SMARTS) is 2. The van der Waals surface area contributed by atoms with Crippen molar-refractivity contribution in [2.45, 2.75) is 25.7 Å². The molecule has 4 nitrogen and oxygen atoms in total. The summed E-state index contributed by atoms with van der Waals surface area (Å²) in [6.45, 7) is 0. The third-order valence-electron chi connectivity index (χ3n) is 1.96. The second-order valence-electron chi connectivity index (χ2n) is 2.74. The molecule has 0 spiro atoms. The van der Waals surface area contributed by atoms with Crippen LogP contribution in [0.1, 0.15) is 25.7 Å². The molecule has 4 heteroatoms. The molecule has 66 valence electrons. The minimum atomic E-state index is -1.38. The molecule has 0 amide bonds. The molecule has 0 heterocycles. The third kappa shape index (κ3) is 1.64. The van der Waals surface area contributed by atoms with Crippen molar-refractivity contribution in [1.82, 2.24) is 0 Å². The van der Waals surface area contributed by atoms with Gasteiger partial charge in [0.1, 0.15) is 0 Å². The Morgan fingerprint density at radius 1 is 0.917 bits per heavy atom. The highest BCUT2D eigenvalue weighted by Gasteiger charge is 2.13.